The fourth-order valence-corrected chi connectivity index (χ4v) is 7.90. The van der Waals surface area contributed by atoms with Crippen molar-refractivity contribution in [3.05, 3.63) is 59.2 Å². The van der Waals surface area contributed by atoms with Gasteiger partial charge in [0.15, 0.2) is 0 Å². The smallest absolute Gasteiger partial charge is 0.307 e. The van der Waals surface area contributed by atoms with Gasteiger partial charge in [0.1, 0.15) is 11.6 Å². The second-order valence-electron chi connectivity index (χ2n) is 10.5. The number of aliphatic carboxylic acids is 1. The van der Waals surface area contributed by atoms with Crippen LogP contribution in [0.4, 0.5) is 8.78 Å². The number of carboxylic acids is 1. The highest BCUT2D eigenvalue weighted by atomic mass is 32.2. The van der Waals surface area contributed by atoms with Gasteiger partial charge in [-0.3, -0.25) is 4.79 Å². The third-order valence-corrected chi connectivity index (χ3v) is 9.26. The summed E-state index contributed by atoms with van der Waals surface area (Å²) in [6, 6.07) is 10.5. The van der Waals surface area contributed by atoms with Crippen LogP contribution in [0.2, 0.25) is 0 Å². The van der Waals surface area contributed by atoms with E-state index >= 15 is 4.39 Å². The summed E-state index contributed by atoms with van der Waals surface area (Å²) in [7, 11) is 0. The molecule has 4 aliphatic rings. The topological polar surface area (TPSA) is 37.3 Å². The van der Waals surface area contributed by atoms with Crippen LogP contribution in [0, 0.1) is 35.3 Å². The Hall–Kier alpha value is -1.88. The molecule has 4 saturated carbocycles. The van der Waals surface area contributed by atoms with E-state index in [1.807, 2.05) is 12.1 Å². The molecule has 170 valence electrons. The van der Waals surface area contributed by atoms with Gasteiger partial charge in [0.25, 0.3) is 0 Å². The van der Waals surface area contributed by atoms with Crippen LogP contribution in [-0.4, -0.2) is 16.8 Å². The first-order chi connectivity index (χ1) is 15.3. The molecule has 0 spiro atoms. The largest absolute Gasteiger partial charge is 0.481 e. The molecule has 2 aromatic carbocycles. The van der Waals surface area contributed by atoms with E-state index in [0.29, 0.717) is 17.1 Å². The van der Waals surface area contributed by atoms with Crippen molar-refractivity contribution in [1.29, 1.82) is 0 Å². The lowest BCUT2D eigenvalue weighted by Crippen LogP contribution is -2.48. The Morgan fingerprint density at radius 2 is 1.59 bits per heavy atom. The van der Waals surface area contributed by atoms with Crippen LogP contribution < -0.4 is 0 Å². The number of rotatable bonds is 7. The van der Waals surface area contributed by atoms with Crippen molar-refractivity contribution in [2.45, 2.75) is 56.6 Å². The first-order valence-corrected chi connectivity index (χ1v) is 12.9. The van der Waals surface area contributed by atoms with Crippen molar-refractivity contribution < 1.29 is 18.7 Å². The van der Waals surface area contributed by atoms with E-state index in [0.717, 1.165) is 53.7 Å². The molecule has 6 rings (SSSR count). The van der Waals surface area contributed by atoms with Crippen molar-refractivity contribution in [1.82, 2.24) is 0 Å². The monoisotopic (exact) mass is 456 g/mol. The number of hydrogen-bond acceptors (Lipinski definition) is 2. The van der Waals surface area contributed by atoms with Crippen LogP contribution in [0.25, 0.3) is 11.1 Å². The number of carbonyl (C=O) groups is 1. The van der Waals surface area contributed by atoms with Gasteiger partial charge < -0.3 is 5.11 Å². The molecular formula is C27H30F2O2S. The van der Waals surface area contributed by atoms with Crippen LogP contribution in [0.5, 0.6) is 0 Å². The number of benzene rings is 2. The van der Waals surface area contributed by atoms with Crippen molar-refractivity contribution in [3.8, 4) is 11.1 Å². The maximum Gasteiger partial charge on any atom is 0.307 e. The van der Waals surface area contributed by atoms with Crippen LogP contribution in [0.1, 0.15) is 56.6 Å². The van der Waals surface area contributed by atoms with E-state index in [1.54, 1.807) is 25.1 Å². The van der Waals surface area contributed by atoms with Gasteiger partial charge in [-0.1, -0.05) is 25.1 Å². The Morgan fingerprint density at radius 3 is 2.19 bits per heavy atom. The molecule has 0 radical (unpaired) electrons. The van der Waals surface area contributed by atoms with Gasteiger partial charge in [0.2, 0.25) is 0 Å². The van der Waals surface area contributed by atoms with E-state index in [4.69, 9.17) is 5.11 Å². The molecule has 4 fully saturated rings. The minimum Gasteiger partial charge on any atom is -0.481 e. The first kappa shape index (κ1) is 21.9. The van der Waals surface area contributed by atoms with Crippen molar-refractivity contribution in [2.75, 3.05) is 5.75 Å². The predicted octanol–water partition coefficient (Wildman–Crippen LogP) is 7.05. The summed E-state index contributed by atoms with van der Waals surface area (Å²) in [6.45, 7) is 1.65. The summed E-state index contributed by atoms with van der Waals surface area (Å²) in [5.74, 6) is 1.36. The lowest BCUT2D eigenvalue weighted by atomic mass is 9.48. The van der Waals surface area contributed by atoms with E-state index in [-0.39, 0.29) is 17.0 Å². The maximum atomic E-state index is 15.5. The summed E-state index contributed by atoms with van der Waals surface area (Å²) >= 11 is 1.40. The Kier molecular flexibility index (Phi) is 5.81. The quantitative estimate of drug-likeness (QED) is 0.485. The van der Waals surface area contributed by atoms with Gasteiger partial charge in [-0.05, 0) is 102 Å². The molecule has 4 bridgehead atoms. The zero-order valence-electron chi connectivity index (χ0n) is 18.4. The van der Waals surface area contributed by atoms with Gasteiger partial charge in [-0.25, -0.2) is 8.78 Å². The zero-order chi connectivity index (χ0) is 22.5. The van der Waals surface area contributed by atoms with E-state index in [9.17, 15) is 9.18 Å². The summed E-state index contributed by atoms with van der Waals surface area (Å²) in [6.07, 6.45) is 7.38. The zero-order valence-corrected chi connectivity index (χ0v) is 19.3. The number of thioether (sulfide) groups is 1. The van der Waals surface area contributed by atoms with Crippen LogP contribution in [0.15, 0.2) is 36.4 Å². The van der Waals surface area contributed by atoms with Crippen LogP contribution in [-0.2, 0) is 16.0 Å². The molecule has 0 amide bonds. The Balaban J connectivity index is 1.36. The minimum absolute atomic E-state index is 0.0167. The SMILES string of the molecule is CC(CSCc1cc(-c2ccc(C34CC5CC(CC(C5)C3)C4)c(F)c2)ccc1F)C(=O)O. The highest BCUT2D eigenvalue weighted by Gasteiger charge is 2.52. The third-order valence-electron chi connectivity index (χ3n) is 8.00. The molecule has 4 aliphatic carbocycles. The Bertz CT molecular complexity index is 999. The minimum atomic E-state index is -0.846. The summed E-state index contributed by atoms with van der Waals surface area (Å²) in [5.41, 5.74) is 2.99. The van der Waals surface area contributed by atoms with Crippen LogP contribution >= 0.6 is 11.8 Å². The Morgan fingerprint density at radius 1 is 1.00 bits per heavy atom. The van der Waals surface area contributed by atoms with Crippen molar-refractivity contribution >= 4 is 17.7 Å². The van der Waals surface area contributed by atoms with Crippen molar-refractivity contribution in [3.63, 3.8) is 0 Å². The second kappa shape index (κ2) is 8.48. The summed E-state index contributed by atoms with van der Waals surface area (Å²) < 4.78 is 29.8. The fourth-order valence-electron chi connectivity index (χ4n) is 6.85. The molecule has 2 aromatic rings. The average molecular weight is 457 g/mol. The van der Waals surface area contributed by atoms with Gasteiger partial charge in [-0.2, -0.15) is 11.8 Å². The molecule has 1 unspecified atom stereocenters. The molecule has 0 aliphatic heterocycles. The second-order valence-corrected chi connectivity index (χ2v) is 11.5. The average Bonchev–Trinajstić information content (AvgIpc) is 2.73. The van der Waals surface area contributed by atoms with Gasteiger partial charge in [0, 0.05) is 11.5 Å². The molecule has 5 heteroatoms. The maximum absolute atomic E-state index is 15.5. The first-order valence-electron chi connectivity index (χ1n) is 11.7. The molecule has 0 heterocycles. The fraction of sp³-hybridized carbons (Fsp3) is 0.519. The standard InChI is InChI=1S/C27H30F2O2S/c1-16(26(30)31)14-32-15-22-9-20(3-5-24(22)28)21-2-4-23(25(29)10-21)27-11-17-6-18(12-27)8-19(7-17)13-27/h2-5,9-10,16-19H,6-8,11-15H2,1H3,(H,30,31). The lowest BCUT2D eigenvalue weighted by Gasteiger charge is -2.57. The van der Waals surface area contributed by atoms with Gasteiger partial charge in [0.05, 0.1) is 5.92 Å². The molecule has 2 nitrogen and oxygen atoms in total. The molecule has 1 atom stereocenters. The number of hydrogen-bond donors (Lipinski definition) is 1. The molecule has 0 saturated heterocycles. The number of halogens is 2. The van der Waals surface area contributed by atoms with Crippen LogP contribution in [0.3, 0.4) is 0 Å². The molecule has 32 heavy (non-hydrogen) atoms. The highest BCUT2D eigenvalue weighted by molar-refractivity contribution is 7.98. The molecular weight excluding hydrogens is 426 g/mol. The molecule has 1 N–H and O–H groups in total. The van der Waals surface area contributed by atoms with E-state index < -0.39 is 11.9 Å². The highest BCUT2D eigenvalue weighted by Crippen LogP contribution is 2.61. The molecule has 0 aromatic heterocycles. The van der Waals surface area contributed by atoms with Gasteiger partial charge >= 0.3 is 5.97 Å². The summed E-state index contributed by atoms with van der Waals surface area (Å²) in [5, 5.41) is 9.02. The van der Waals surface area contributed by atoms with Crippen molar-refractivity contribution in [2.24, 2.45) is 23.7 Å². The predicted molar refractivity (Wildman–Crippen MR) is 125 cm³/mol. The van der Waals surface area contributed by atoms with E-state index in [2.05, 4.69) is 0 Å². The normalized spacial score (nSPS) is 29.3. The van der Waals surface area contributed by atoms with Gasteiger partial charge in [-0.15, -0.1) is 0 Å². The van der Waals surface area contributed by atoms with E-state index in [1.165, 1.54) is 37.1 Å². The Labute approximate surface area is 192 Å². The lowest BCUT2D eigenvalue weighted by molar-refractivity contribution is -0.140. The number of carboxylic acid groups (broad SMARTS) is 1. The summed E-state index contributed by atoms with van der Waals surface area (Å²) in [4.78, 5) is 11.0. The third kappa shape index (κ3) is 4.09.